The number of aliphatic hydroxyl groups is 2. The quantitative estimate of drug-likeness (QED) is 0.483. The van der Waals surface area contributed by atoms with Crippen molar-refractivity contribution in [2.24, 2.45) is 5.92 Å². The molecule has 176 valence electrons. The summed E-state index contributed by atoms with van der Waals surface area (Å²) in [6, 6.07) is 5.23. The van der Waals surface area contributed by atoms with Crippen molar-refractivity contribution in [3.8, 4) is 0 Å². The Kier molecular flexibility index (Phi) is 9.33. The average molecular weight is 475 g/mol. The van der Waals surface area contributed by atoms with Gasteiger partial charge in [-0.15, -0.1) is 0 Å². The van der Waals surface area contributed by atoms with E-state index in [1.54, 1.807) is 13.8 Å². The van der Waals surface area contributed by atoms with Gasteiger partial charge in [0.15, 0.2) is 0 Å². The molecule has 3 unspecified atom stereocenters. The number of carbonyl (C=O) groups is 1. The van der Waals surface area contributed by atoms with Crippen LogP contribution in [0.15, 0.2) is 29.2 Å². The minimum Gasteiger partial charge on any atom is -0.390 e. The molecule has 0 bridgehead atoms. The highest BCUT2D eigenvalue weighted by Crippen LogP contribution is 2.26. The van der Waals surface area contributed by atoms with E-state index in [0.717, 1.165) is 12.8 Å². The standard InChI is InChI=1S/C22H35ClN2O5S/c1-16(7-12-20(26)22(2,3)28)13-15-25(19-6-4-5-14-24-21(19)27)31(29,30)18-10-8-17(23)9-11-18/h8-11,16,19-20,26,28H,4-7,12-15H2,1-3H3,(H,24,27). The first kappa shape index (κ1) is 26.1. The second kappa shape index (κ2) is 11.1. The molecule has 1 aliphatic rings. The van der Waals surface area contributed by atoms with E-state index in [1.165, 1.54) is 28.6 Å². The number of aliphatic hydroxyl groups excluding tert-OH is 1. The van der Waals surface area contributed by atoms with Gasteiger partial charge in [-0.3, -0.25) is 4.79 Å². The van der Waals surface area contributed by atoms with Crippen LogP contribution in [0.2, 0.25) is 5.02 Å². The first-order valence-corrected chi connectivity index (χ1v) is 12.7. The number of sulfonamides is 1. The molecule has 1 heterocycles. The first-order chi connectivity index (χ1) is 14.4. The lowest BCUT2D eigenvalue weighted by Gasteiger charge is -2.30. The molecule has 2 rings (SSSR count). The van der Waals surface area contributed by atoms with Crippen LogP contribution in [0.3, 0.4) is 0 Å². The molecule has 0 saturated carbocycles. The molecule has 9 heteroatoms. The van der Waals surface area contributed by atoms with Gasteiger partial charge in [0.1, 0.15) is 6.04 Å². The molecular weight excluding hydrogens is 440 g/mol. The molecule has 1 fully saturated rings. The smallest absolute Gasteiger partial charge is 0.243 e. The zero-order valence-corrected chi connectivity index (χ0v) is 20.1. The number of halogens is 1. The van der Waals surface area contributed by atoms with Crippen molar-refractivity contribution in [3.05, 3.63) is 29.3 Å². The molecule has 7 nitrogen and oxygen atoms in total. The highest BCUT2D eigenvalue weighted by Gasteiger charge is 2.36. The third-order valence-corrected chi connectivity index (χ3v) is 8.04. The molecule has 0 aliphatic carbocycles. The van der Waals surface area contributed by atoms with Gasteiger partial charge in [-0.2, -0.15) is 4.31 Å². The van der Waals surface area contributed by atoms with Gasteiger partial charge in [0.2, 0.25) is 15.9 Å². The Bertz CT molecular complexity index is 823. The third-order valence-electron chi connectivity index (χ3n) is 5.86. The van der Waals surface area contributed by atoms with Crippen LogP contribution in [0.4, 0.5) is 0 Å². The molecule has 31 heavy (non-hydrogen) atoms. The van der Waals surface area contributed by atoms with Gasteiger partial charge in [-0.25, -0.2) is 8.42 Å². The molecular formula is C22H35ClN2O5S. The maximum atomic E-state index is 13.4. The van der Waals surface area contributed by atoms with Gasteiger partial charge < -0.3 is 15.5 Å². The number of nitrogens with zero attached hydrogens (tertiary/aromatic N) is 1. The van der Waals surface area contributed by atoms with E-state index in [-0.39, 0.29) is 23.3 Å². The van der Waals surface area contributed by atoms with Crippen LogP contribution in [-0.4, -0.2) is 59.7 Å². The average Bonchev–Trinajstić information content (AvgIpc) is 2.90. The summed E-state index contributed by atoms with van der Waals surface area (Å²) in [6.07, 6.45) is 2.80. The maximum Gasteiger partial charge on any atom is 0.243 e. The number of amides is 1. The van der Waals surface area contributed by atoms with Crippen molar-refractivity contribution in [2.45, 2.75) is 81.9 Å². The maximum absolute atomic E-state index is 13.4. The van der Waals surface area contributed by atoms with E-state index < -0.39 is 27.8 Å². The third kappa shape index (κ3) is 7.43. The van der Waals surface area contributed by atoms with Crippen LogP contribution >= 0.6 is 11.6 Å². The molecule has 0 spiro atoms. The summed E-state index contributed by atoms with van der Waals surface area (Å²) in [5.41, 5.74) is -1.18. The summed E-state index contributed by atoms with van der Waals surface area (Å²) in [5, 5.41) is 23.2. The van der Waals surface area contributed by atoms with Crippen LogP contribution in [0.25, 0.3) is 0 Å². The Morgan fingerprint density at radius 2 is 1.84 bits per heavy atom. The largest absolute Gasteiger partial charge is 0.390 e. The summed E-state index contributed by atoms with van der Waals surface area (Å²) in [5.74, 6) is -0.158. The molecule has 1 aromatic rings. The van der Waals surface area contributed by atoms with Crippen LogP contribution in [0.5, 0.6) is 0 Å². The van der Waals surface area contributed by atoms with Gasteiger partial charge in [0.25, 0.3) is 0 Å². The fourth-order valence-corrected chi connectivity index (χ4v) is 5.43. The summed E-state index contributed by atoms with van der Waals surface area (Å²) in [4.78, 5) is 12.8. The van der Waals surface area contributed by atoms with Crippen LogP contribution in [-0.2, 0) is 14.8 Å². The number of rotatable bonds is 10. The Morgan fingerprint density at radius 3 is 2.45 bits per heavy atom. The number of hydrogen-bond donors (Lipinski definition) is 3. The second-order valence-electron chi connectivity index (χ2n) is 9.01. The SMILES string of the molecule is CC(CCC(O)C(C)(C)O)CCN(C1CCCCNC1=O)S(=O)(=O)c1ccc(Cl)cc1. The molecule has 3 atom stereocenters. The minimum atomic E-state index is -3.89. The van der Waals surface area contributed by atoms with Gasteiger partial charge in [-0.05, 0) is 82.6 Å². The Balaban J connectivity index is 2.18. The number of nitrogens with one attached hydrogen (secondary N) is 1. The molecule has 0 radical (unpaired) electrons. The predicted molar refractivity (Wildman–Crippen MR) is 121 cm³/mol. The lowest BCUT2D eigenvalue weighted by molar-refractivity contribution is -0.124. The van der Waals surface area contributed by atoms with E-state index in [2.05, 4.69) is 5.32 Å². The van der Waals surface area contributed by atoms with Crippen molar-refractivity contribution in [2.75, 3.05) is 13.1 Å². The molecule has 0 aromatic heterocycles. The van der Waals surface area contributed by atoms with E-state index in [9.17, 15) is 23.4 Å². The van der Waals surface area contributed by atoms with Crippen molar-refractivity contribution in [3.63, 3.8) is 0 Å². The number of benzene rings is 1. The summed E-state index contributed by atoms with van der Waals surface area (Å²) in [7, 11) is -3.89. The van der Waals surface area contributed by atoms with E-state index in [0.29, 0.717) is 37.3 Å². The highest BCUT2D eigenvalue weighted by atomic mass is 35.5. The minimum absolute atomic E-state index is 0.105. The van der Waals surface area contributed by atoms with Crippen LogP contribution in [0.1, 0.15) is 59.3 Å². The van der Waals surface area contributed by atoms with Crippen LogP contribution < -0.4 is 5.32 Å². The van der Waals surface area contributed by atoms with Crippen molar-refractivity contribution < 1.29 is 23.4 Å². The second-order valence-corrected chi connectivity index (χ2v) is 11.3. The molecule has 1 amide bonds. The summed E-state index contributed by atoms with van der Waals surface area (Å²) >= 11 is 5.92. The lowest BCUT2D eigenvalue weighted by Crippen LogP contribution is -2.49. The van der Waals surface area contributed by atoms with Crippen LogP contribution in [0, 0.1) is 5.92 Å². The first-order valence-electron chi connectivity index (χ1n) is 10.9. The number of hydrogen-bond acceptors (Lipinski definition) is 5. The summed E-state index contributed by atoms with van der Waals surface area (Å²) in [6.45, 7) is 5.86. The molecule has 1 aliphatic heterocycles. The zero-order chi connectivity index (χ0) is 23.2. The molecule has 1 saturated heterocycles. The Morgan fingerprint density at radius 1 is 1.19 bits per heavy atom. The van der Waals surface area contributed by atoms with Crippen molar-refractivity contribution in [1.29, 1.82) is 0 Å². The summed E-state index contributed by atoms with van der Waals surface area (Å²) < 4.78 is 28.2. The fourth-order valence-electron chi connectivity index (χ4n) is 3.67. The van der Waals surface area contributed by atoms with E-state index >= 15 is 0 Å². The van der Waals surface area contributed by atoms with E-state index in [4.69, 9.17) is 11.6 Å². The number of carbonyl (C=O) groups excluding carboxylic acids is 1. The Hall–Kier alpha value is -1.19. The zero-order valence-electron chi connectivity index (χ0n) is 18.6. The van der Waals surface area contributed by atoms with Crippen molar-refractivity contribution >= 4 is 27.5 Å². The lowest BCUT2D eigenvalue weighted by atomic mass is 9.92. The van der Waals surface area contributed by atoms with Gasteiger partial charge in [0.05, 0.1) is 16.6 Å². The van der Waals surface area contributed by atoms with Crippen molar-refractivity contribution in [1.82, 2.24) is 9.62 Å². The monoisotopic (exact) mass is 474 g/mol. The molecule has 1 aromatic carbocycles. The Labute approximate surface area is 190 Å². The normalized spacial score (nSPS) is 20.2. The predicted octanol–water partition coefficient (Wildman–Crippen LogP) is 2.94. The topological polar surface area (TPSA) is 107 Å². The molecule has 3 N–H and O–H groups in total. The fraction of sp³-hybridized carbons (Fsp3) is 0.682. The van der Waals surface area contributed by atoms with Gasteiger partial charge in [0, 0.05) is 18.1 Å². The highest BCUT2D eigenvalue weighted by molar-refractivity contribution is 7.89. The van der Waals surface area contributed by atoms with Gasteiger partial charge in [-0.1, -0.05) is 18.5 Å². The van der Waals surface area contributed by atoms with Gasteiger partial charge >= 0.3 is 0 Å². The van der Waals surface area contributed by atoms with E-state index in [1.807, 2.05) is 6.92 Å².